The molecule has 0 aromatic heterocycles. The van der Waals surface area contributed by atoms with Crippen LogP contribution in [0.4, 0.5) is 4.39 Å². The fourth-order valence-corrected chi connectivity index (χ4v) is 0.985. The lowest BCUT2D eigenvalue weighted by atomic mass is 10.0. The molecule has 0 heterocycles. The van der Waals surface area contributed by atoms with Crippen molar-refractivity contribution in [3.8, 4) is 0 Å². The second-order valence-electron chi connectivity index (χ2n) is 2.79. The Bertz CT molecular complexity index is 75.7. The molecule has 0 N–H and O–H groups in total. The van der Waals surface area contributed by atoms with Crippen LogP contribution in [0.1, 0.15) is 33.1 Å². The number of unbranched alkanes of at least 4 members (excludes halogenated alkanes) is 1. The first-order valence-corrected chi connectivity index (χ1v) is 4.36. The van der Waals surface area contributed by atoms with E-state index in [0.717, 1.165) is 12.8 Å². The van der Waals surface area contributed by atoms with E-state index in [1.165, 1.54) is 6.42 Å². The highest BCUT2D eigenvalue weighted by molar-refractivity contribution is 6.20. The fraction of sp³-hybridized carbons (Fsp3) is 1.00. The molecule has 0 aromatic carbocycles. The lowest BCUT2D eigenvalue weighted by Crippen LogP contribution is -2.13. The summed E-state index contributed by atoms with van der Waals surface area (Å²) >= 11 is 5.68. The van der Waals surface area contributed by atoms with Crippen LogP contribution in [0.2, 0.25) is 0 Å². The Balaban J connectivity index is 3.31. The van der Waals surface area contributed by atoms with Crippen LogP contribution in [0.15, 0.2) is 0 Å². The van der Waals surface area contributed by atoms with Crippen molar-refractivity contribution in [3.05, 3.63) is 0 Å². The first-order chi connectivity index (χ1) is 4.72. The number of alkyl halides is 2. The van der Waals surface area contributed by atoms with Crippen molar-refractivity contribution in [1.82, 2.24) is 0 Å². The average molecular weight is 167 g/mol. The van der Waals surface area contributed by atoms with Crippen molar-refractivity contribution >= 4 is 11.6 Å². The summed E-state index contributed by atoms with van der Waals surface area (Å²) in [6, 6.07) is 0. The van der Waals surface area contributed by atoms with Gasteiger partial charge in [-0.15, -0.1) is 11.6 Å². The molecule has 62 valence electrons. The van der Waals surface area contributed by atoms with Crippen molar-refractivity contribution < 1.29 is 4.39 Å². The third-order valence-corrected chi connectivity index (χ3v) is 2.32. The second-order valence-corrected chi connectivity index (χ2v) is 3.35. The maximum Gasteiger partial charge on any atom is 0.106 e. The average Bonchev–Trinajstić information content (AvgIpc) is 1.98. The van der Waals surface area contributed by atoms with Crippen LogP contribution in [0.3, 0.4) is 0 Å². The first kappa shape index (κ1) is 10.2. The Morgan fingerprint density at radius 2 is 2.10 bits per heavy atom. The van der Waals surface area contributed by atoms with Gasteiger partial charge in [-0.25, -0.2) is 4.39 Å². The summed E-state index contributed by atoms with van der Waals surface area (Å²) in [5.74, 6) is 0.326. The molecule has 0 aliphatic rings. The predicted molar refractivity (Wildman–Crippen MR) is 44.3 cm³/mol. The Hall–Kier alpha value is 0.220. The molecule has 10 heavy (non-hydrogen) atoms. The molecule has 0 nitrogen and oxygen atoms in total. The minimum Gasteiger partial charge on any atom is -0.249 e. The molecule has 0 saturated heterocycles. The van der Waals surface area contributed by atoms with Crippen molar-refractivity contribution in [1.29, 1.82) is 0 Å². The number of halogens is 2. The van der Waals surface area contributed by atoms with E-state index in [-0.39, 0.29) is 5.38 Å². The standard InChI is InChI=1S/C8H16ClF/c1-3-4-5-7(2)8(9)6-10/h7-8H,3-6H2,1-2H3. The van der Waals surface area contributed by atoms with Gasteiger partial charge in [-0.1, -0.05) is 26.7 Å². The zero-order valence-electron chi connectivity index (χ0n) is 6.74. The van der Waals surface area contributed by atoms with Gasteiger partial charge in [-0.3, -0.25) is 0 Å². The molecular weight excluding hydrogens is 151 g/mol. The Morgan fingerprint density at radius 3 is 2.50 bits per heavy atom. The summed E-state index contributed by atoms with van der Waals surface area (Å²) in [4.78, 5) is 0. The molecule has 0 amide bonds. The smallest absolute Gasteiger partial charge is 0.106 e. The van der Waals surface area contributed by atoms with Crippen LogP contribution in [-0.2, 0) is 0 Å². The van der Waals surface area contributed by atoms with Crippen molar-refractivity contribution in [2.24, 2.45) is 5.92 Å². The third kappa shape index (κ3) is 4.10. The van der Waals surface area contributed by atoms with E-state index in [0.29, 0.717) is 5.92 Å². The van der Waals surface area contributed by atoms with Crippen molar-refractivity contribution in [2.45, 2.75) is 38.5 Å². The normalized spacial score (nSPS) is 16.8. The maximum atomic E-state index is 11.9. The molecule has 0 aromatic rings. The van der Waals surface area contributed by atoms with Crippen LogP contribution in [-0.4, -0.2) is 12.1 Å². The molecule has 0 aliphatic heterocycles. The Morgan fingerprint density at radius 1 is 1.50 bits per heavy atom. The van der Waals surface area contributed by atoms with Gasteiger partial charge in [0.15, 0.2) is 0 Å². The lowest BCUT2D eigenvalue weighted by Gasteiger charge is -2.13. The highest BCUT2D eigenvalue weighted by Crippen LogP contribution is 2.17. The molecule has 0 bridgehead atoms. The van der Waals surface area contributed by atoms with Gasteiger partial charge in [0.1, 0.15) is 6.67 Å². The second kappa shape index (κ2) is 5.96. The molecule has 2 atom stereocenters. The van der Waals surface area contributed by atoms with E-state index in [1.807, 2.05) is 6.92 Å². The Kier molecular flexibility index (Phi) is 6.10. The van der Waals surface area contributed by atoms with Gasteiger partial charge in [0.05, 0.1) is 5.38 Å². The highest BCUT2D eigenvalue weighted by Gasteiger charge is 2.12. The minimum atomic E-state index is -0.396. The van der Waals surface area contributed by atoms with Crippen LogP contribution in [0, 0.1) is 5.92 Å². The zero-order chi connectivity index (χ0) is 7.98. The highest BCUT2D eigenvalue weighted by atomic mass is 35.5. The summed E-state index contributed by atoms with van der Waals surface area (Å²) < 4.78 is 11.9. The molecule has 0 fully saturated rings. The van der Waals surface area contributed by atoms with E-state index in [2.05, 4.69) is 6.92 Å². The summed E-state index contributed by atoms with van der Waals surface area (Å²) in [7, 11) is 0. The van der Waals surface area contributed by atoms with Crippen LogP contribution in [0.25, 0.3) is 0 Å². The van der Waals surface area contributed by atoms with Gasteiger partial charge in [0, 0.05) is 0 Å². The number of hydrogen-bond acceptors (Lipinski definition) is 0. The topological polar surface area (TPSA) is 0 Å². The number of rotatable bonds is 5. The largest absolute Gasteiger partial charge is 0.249 e. The van der Waals surface area contributed by atoms with E-state index >= 15 is 0 Å². The molecular formula is C8H16ClF. The zero-order valence-corrected chi connectivity index (χ0v) is 7.49. The first-order valence-electron chi connectivity index (χ1n) is 3.92. The summed E-state index contributed by atoms with van der Waals surface area (Å²) in [5.41, 5.74) is 0. The van der Waals surface area contributed by atoms with Crippen LogP contribution >= 0.6 is 11.6 Å². The maximum absolute atomic E-state index is 11.9. The van der Waals surface area contributed by atoms with Crippen molar-refractivity contribution in [3.63, 3.8) is 0 Å². The summed E-state index contributed by atoms with van der Waals surface area (Å²) in [5, 5.41) is -0.272. The van der Waals surface area contributed by atoms with Crippen molar-refractivity contribution in [2.75, 3.05) is 6.67 Å². The molecule has 2 heteroatoms. The van der Waals surface area contributed by atoms with E-state index in [1.54, 1.807) is 0 Å². The van der Waals surface area contributed by atoms with Crippen LogP contribution in [0.5, 0.6) is 0 Å². The number of hydrogen-bond donors (Lipinski definition) is 0. The predicted octanol–water partition coefficient (Wildman–Crippen LogP) is 3.39. The Labute approximate surface area is 67.8 Å². The van der Waals surface area contributed by atoms with E-state index < -0.39 is 6.67 Å². The molecule has 0 saturated carbocycles. The van der Waals surface area contributed by atoms with Gasteiger partial charge in [-0.2, -0.15) is 0 Å². The molecule has 0 rings (SSSR count). The van der Waals surface area contributed by atoms with Gasteiger partial charge < -0.3 is 0 Å². The summed E-state index contributed by atoms with van der Waals surface area (Å²) in [6.45, 7) is 3.74. The summed E-state index contributed by atoms with van der Waals surface area (Å²) in [6.07, 6.45) is 3.37. The van der Waals surface area contributed by atoms with Gasteiger partial charge in [0.25, 0.3) is 0 Å². The quantitative estimate of drug-likeness (QED) is 0.550. The molecule has 0 spiro atoms. The SMILES string of the molecule is CCCCC(C)C(Cl)CF. The van der Waals surface area contributed by atoms with Gasteiger partial charge >= 0.3 is 0 Å². The molecule has 0 radical (unpaired) electrons. The molecule has 0 aliphatic carbocycles. The fourth-order valence-electron chi connectivity index (χ4n) is 0.859. The lowest BCUT2D eigenvalue weighted by molar-refractivity contribution is 0.389. The minimum absolute atomic E-state index is 0.272. The van der Waals surface area contributed by atoms with E-state index in [9.17, 15) is 4.39 Å². The third-order valence-electron chi connectivity index (χ3n) is 1.78. The molecule has 2 unspecified atom stereocenters. The van der Waals surface area contributed by atoms with Crippen LogP contribution < -0.4 is 0 Å². The monoisotopic (exact) mass is 166 g/mol. The van der Waals surface area contributed by atoms with Gasteiger partial charge in [-0.05, 0) is 12.3 Å². The van der Waals surface area contributed by atoms with Gasteiger partial charge in [0.2, 0.25) is 0 Å². The van der Waals surface area contributed by atoms with E-state index in [4.69, 9.17) is 11.6 Å².